The molecule has 0 aromatic carbocycles. The van der Waals surface area contributed by atoms with Crippen LogP contribution in [0.15, 0.2) is 0 Å². The minimum Gasteiger partial charge on any atom is -0.125 e. The second-order valence-electron chi connectivity index (χ2n) is 4.51. The van der Waals surface area contributed by atoms with E-state index in [4.69, 9.17) is 69.6 Å². The highest BCUT2D eigenvalue weighted by molar-refractivity contribution is 6.67. The summed E-state index contributed by atoms with van der Waals surface area (Å²) in [6, 6.07) is 0. The van der Waals surface area contributed by atoms with Gasteiger partial charge in [0.2, 0.25) is 0 Å². The number of rotatable bonds is 10. The number of unbranched alkanes of at least 4 members (excludes halogenated alkanes) is 4. The molecule has 0 bridgehead atoms. The molecule has 0 aliphatic carbocycles. The third-order valence-corrected chi connectivity index (χ3v) is 4.39. The summed E-state index contributed by atoms with van der Waals surface area (Å²) in [6.07, 6.45) is 8.07. The van der Waals surface area contributed by atoms with Crippen molar-refractivity contribution in [2.24, 2.45) is 0 Å². The van der Waals surface area contributed by atoms with Gasteiger partial charge in [0.15, 0.2) is 3.79 Å². The molecular formula is C12H20Cl6. The molecule has 0 radical (unpaired) electrons. The van der Waals surface area contributed by atoms with Gasteiger partial charge in [0.1, 0.15) is 0 Å². The van der Waals surface area contributed by atoms with Crippen LogP contribution in [0.4, 0.5) is 0 Å². The van der Waals surface area contributed by atoms with Crippen molar-refractivity contribution in [1.82, 2.24) is 0 Å². The van der Waals surface area contributed by atoms with Crippen LogP contribution in [-0.2, 0) is 0 Å². The van der Waals surface area contributed by atoms with Gasteiger partial charge in [-0.25, -0.2) is 0 Å². The molecule has 2 atom stereocenters. The fraction of sp³-hybridized carbons (Fsp3) is 1.00. The molecule has 18 heavy (non-hydrogen) atoms. The number of halogens is 6. The van der Waals surface area contributed by atoms with Crippen LogP contribution in [0.1, 0.15) is 51.4 Å². The van der Waals surface area contributed by atoms with Crippen LogP contribution < -0.4 is 0 Å². The Morgan fingerprint density at radius 1 is 0.722 bits per heavy atom. The lowest BCUT2D eigenvalue weighted by molar-refractivity contribution is 0.562. The van der Waals surface area contributed by atoms with Gasteiger partial charge in [-0.05, 0) is 12.8 Å². The SMILES string of the molecule is ClC[C@H](Cl)CCCCCCC[C@@H](Cl)CC(Cl)(Cl)Cl. The van der Waals surface area contributed by atoms with E-state index in [0.717, 1.165) is 32.1 Å². The Morgan fingerprint density at radius 3 is 1.61 bits per heavy atom. The van der Waals surface area contributed by atoms with Crippen molar-refractivity contribution in [1.29, 1.82) is 0 Å². The number of hydrogen-bond donors (Lipinski definition) is 0. The normalized spacial score (nSPS) is 15.7. The van der Waals surface area contributed by atoms with Crippen LogP contribution in [0.2, 0.25) is 0 Å². The minimum atomic E-state index is -1.23. The Balaban J connectivity index is 3.30. The average molecular weight is 377 g/mol. The van der Waals surface area contributed by atoms with E-state index in [0.29, 0.717) is 12.3 Å². The van der Waals surface area contributed by atoms with Crippen LogP contribution in [0.3, 0.4) is 0 Å². The molecular weight excluding hydrogens is 357 g/mol. The summed E-state index contributed by atoms with van der Waals surface area (Å²) in [5.74, 6) is 0.534. The molecule has 0 aliphatic rings. The zero-order valence-electron chi connectivity index (χ0n) is 10.3. The first-order valence-corrected chi connectivity index (χ1v) is 8.80. The van der Waals surface area contributed by atoms with Gasteiger partial charge in [-0.2, -0.15) is 0 Å². The molecule has 110 valence electrons. The monoisotopic (exact) mass is 374 g/mol. The highest BCUT2D eigenvalue weighted by Crippen LogP contribution is 2.34. The first kappa shape index (κ1) is 19.7. The van der Waals surface area contributed by atoms with Gasteiger partial charge in [-0.1, -0.05) is 66.9 Å². The van der Waals surface area contributed by atoms with Gasteiger partial charge >= 0.3 is 0 Å². The van der Waals surface area contributed by atoms with E-state index in [1.807, 2.05) is 0 Å². The van der Waals surface area contributed by atoms with Crippen LogP contribution in [0.25, 0.3) is 0 Å². The smallest absolute Gasteiger partial charge is 0.125 e. The van der Waals surface area contributed by atoms with Gasteiger partial charge in [-0.15, -0.1) is 34.8 Å². The molecule has 0 saturated heterocycles. The molecule has 6 heteroatoms. The first-order chi connectivity index (χ1) is 8.35. The lowest BCUT2D eigenvalue weighted by atomic mass is 10.1. The maximum atomic E-state index is 6.08. The minimum absolute atomic E-state index is 0.0547. The molecule has 0 spiro atoms. The van der Waals surface area contributed by atoms with Gasteiger partial charge in [0.05, 0.1) is 0 Å². The van der Waals surface area contributed by atoms with Crippen molar-refractivity contribution < 1.29 is 0 Å². The van der Waals surface area contributed by atoms with E-state index >= 15 is 0 Å². The average Bonchev–Trinajstić information content (AvgIpc) is 2.25. The summed E-state index contributed by atoms with van der Waals surface area (Å²) >= 11 is 34.7. The van der Waals surface area contributed by atoms with Crippen molar-refractivity contribution in [3.05, 3.63) is 0 Å². The zero-order valence-corrected chi connectivity index (χ0v) is 14.8. The molecule has 0 rings (SSSR count). The quantitative estimate of drug-likeness (QED) is 0.286. The molecule has 0 nitrogen and oxygen atoms in total. The van der Waals surface area contributed by atoms with E-state index in [1.165, 1.54) is 12.8 Å². The summed E-state index contributed by atoms with van der Waals surface area (Å²) in [5.41, 5.74) is 0. The largest absolute Gasteiger partial charge is 0.192 e. The molecule has 0 aromatic rings. The van der Waals surface area contributed by atoms with Gasteiger partial charge in [-0.3, -0.25) is 0 Å². The summed E-state index contributed by atoms with van der Waals surface area (Å²) in [4.78, 5) is 0. The van der Waals surface area contributed by atoms with Crippen LogP contribution in [0, 0.1) is 0 Å². The Hall–Kier alpha value is 1.74. The summed E-state index contributed by atoms with van der Waals surface area (Å²) in [5, 5.41) is 0.0594. The van der Waals surface area contributed by atoms with E-state index < -0.39 is 3.79 Å². The standard InChI is InChI=1S/C12H20Cl6/c13-9-11(15)7-5-3-1-2-4-6-10(14)8-12(16,17)18/h10-11H,1-9H2/t10-,11-/m1/s1. The molecule has 0 N–H and O–H groups in total. The molecule has 0 aromatic heterocycles. The van der Waals surface area contributed by atoms with Crippen molar-refractivity contribution in [2.75, 3.05) is 5.88 Å². The molecule has 0 aliphatic heterocycles. The second kappa shape index (κ2) is 11.4. The Labute approximate surface area is 141 Å². The Morgan fingerprint density at radius 2 is 1.17 bits per heavy atom. The predicted molar refractivity (Wildman–Crippen MR) is 87.2 cm³/mol. The maximum Gasteiger partial charge on any atom is 0.192 e. The van der Waals surface area contributed by atoms with E-state index in [9.17, 15) is 0 Å². The molecule has 0 fully saturated rings. The molecule has 0 heterocycles. The maximum absolute atomic E-state index is 6.08. The van der Waals surface area contributed by atoms with E-state index in [-0.39, 0.29) is 10.8 Å². The van der Waals surface area contributed by atoms with Gasteiger partial charge < -0.3 is 0 Å². The first-order valence-electron chi connectivity index (χ1n) is 6.26. The summed E-state index contributed by atoms with van der Waals surface area (Å²) < 4.78 is -1.23. The summed E-state index contributed by atoms with van der Waals surface area (Å²) in [7, 11) is 0. The lowest BCUT2D eigenvalue weighted by Gasteiger charge is -2.15. The Bertz CT molecular complexity index is 191. The second-order valence-corrected chi connectivity index (χ2v) is 8.57. The highest BCUT2D eigenvalue weighted by Gasteiger charge is 2.23. The fourth-order valence-corrected chi connectivity index (χ4v) is 3.18. The third-order valence-electron chi connectivity index (χ3n) is 2.66. The molecule has 0 unspecified atom stereocenters. The number of hydrogen-bond acceptors (Lipinski definition) is 0. The topological polar surface area (TPSA) is 0 Å². The predicted octanol–water partition coefficient (Wildman–Crippen LogP) is 6.93. The van der Waals surface area contributed by atoms with Crippen molar-refractivity contribution in [3.8, 4) is 0 Å². The molecule has 0 saturated carbocycles. The van der Waals surface area contributed by atoms with Crippen LogP contribution in [0.5, 0.6) is 0 Å². The van der Waals surface area contributed by atoms with E-state index in [2.05, 4.69) is 0 Å². The van der Waals surface area contributed by atoms with Crippen LogP contribution in [-0.4, -0.2) is 20.4 Å². The van der Waals surface area contributed by atoms with Gasteiger partial charge in [0.25, 0.3) is 0 Å². The number of alkyl halides is 6. The van der Waals surface area contributed by atoms with Crippen molar-refractivity contribution in [3.63, 3.8) is 0 Å². The Kier molecular flexibility index (Phi) is 12.5. The lowest BCUT2D eigenvalue weighted by Crippen LogP contribution is -2.11. The highest BCUT2D eigenvalue weighted by atomic mass is 35.6. The van der Waals surface area contributed by atoms with Crippen molar-refractivity contribution in [2.45, 2.75) is 65.9 Å². The molecule has 0 amide bonds. The fourth-order valence-electron chi connectivity index (χ4n) is 1.69. The zero-order chi connectivity index (χ0) is 14.0. The van der Waals surface area contributed by atoms with Crippen molar-refractivity contribution >= 4 is 69.6 Å². The third kappa shape index (κ3) is 14.2. The summed E-state index contributed by atoms with van der Waals surface area (Å²) in [6.45, 7) is 0. The van der Waals surface area contributed by atoms with Crippen LogP contribution >= 0.6 is 69.6 Å². The van der Waals surface area contributed by atoms with E-state index in [1.54, 1.807) is 0 Å². The van der Waals surface area contributed by atoms with Gasteiger partial charge in [0, 0.05) is 23.1 Å².